The number of nitrogen functional groups attached to an aromatic ring is 1. The number of benzene rings is 1. The standard InChI is InChI=1S/C7H7NO2.BF4.N2/c8-6-3-1-5(2-4-6)7(9)10;2-1(3,4)5;1-2/h1-4H,8H2,(H,9,10);;/q;-1;/p+1. The van der Waals surface area contributed by atoms with E-state index in [1.807, 2.05) is 0 Å². The van der Waals surface area contributed by atoms with Gasteiger partial charge in [0.15, 0.2) is 0 Å². The van der Waals surface area contributed by atoms with Gasteiger partial charge in [-0.2, -0.15) is 0 Å². The predicted octanol–water partition coefficient (Wildman–Crippen LogP) is 0.546. The van der Waals surface area contributed by atoms with Gasteiger partial charge in [-0.05, 0) is 24.3 Å². The molecular weight excluding hydrogens is 245 g/mol. The van der Waals surface area contributed by atoms with Crippen LogP contribution in [0.3, 0.4) is 0 Å². The van der Waals surface area contributed by atoms with E-state index in [-0.39, 0.29) is 5.56 Å². The molecule has 10 heteroatoms. The Morgan fingerprint density at radius 1 is 1.18 bits per heavy atom. The van der Waals surface area contributed by atoms with Gasteiger partial charge in [-0.1, -0.05) is 0 Å². The number of diazo groups is 1. The highest BCUT2D eigenvalue weighted by molar-refractivity contribution is 6.50. The summed E-state index contributed by atoms with van der Waals surface area (Å²) in [5, 5.41) is 19.4. The van der Waals surface area contributed by atoms with Gasteiger partial charge in [0.2, 0.25) is 5.39 Å². The second-order valence-electron chi connectivity index (χ2n) is 2.42. The van der Waals surface area contributed by atoms with Crippen LogP contribution in [-0.4, -0.2) is 18.3 Å². The molecule has 94 valence electrons. The zero-order chi connectivity index (χ0) is 14.1. The molecule has 0 bridgehead atoms. The van der Waals surface area contributed by atoms with E-state index in [2.05, 4.69) is 0 Å². The van der Waals surface area contributed by atoms with Crippen molar-refractivity contribution in [3.8, 4) is 0 Å². The lowest BCUT2D eigenvalue weighted by molar-refractivity contribution is -0.175. The number of carbonyl (C=O) groups is 1. The Morgan fingerprint density at radius 3 is 1.71 bits per heavy atom. The van der Waals surface area contributed by atoms with Crippen LogP contribution in [0.15, 0.2) is 24.3 Å². The highest BCUT2D eigenvalue weighted by Crippen LogP contribution is 2.06. The summed E-state index contributed by atoms with van der Waals surface area (Å²) in [6, 6.07) is 6.06. The van der Waals surface area contributed by atoms with Crippen LogP contribution in [0.1, 0.15) is 10.4 Å². The molecule has 0 aromatic heterocycles. The molecule has 0 fully saturated rings. The molecule has 0 spiro atoms. The lowest BCUT2D eigenvalue weighted by Crippen LogP contribution is -2.11. The lowest BCUT2D eigenvalue weighted by Gasteiger charge is -1.94. The number of hydrogen-bond donors (Lipinski definition) is 3. The SMILES string of the molecule is F[B-](F)(F)F.N#[NH+].Nc1ccc(C(=O)O)cc1. The Hall–Kier alpha value is -2.31. The molecule has 5 nitrogen and oxygen atoms in total. The Morgan fingerprint density at radius 2 is 1.47 bits per heavy atom. The van der Waals surface area contributed by atoms with Crippen molar-refractivity contribution in [3.63, 3.8) is 0 Å². The molecule has 1 aromatic carbocycles. The smallest absolute Gasteiger partial charge is 0.478 e. The Labute approximate surface area is 93.4 Å². The van der Waals surface area contributed by atoms with Crippen LogP contribution in [0.4, 0.5) is 23.0 Å². The van der Waals surface area contributed by atoms with Crippen molar-refractivity contribution < 1.29 is 32.6 Å². The van der Waals surface area contributed by atoms with Gasteiger partial charge >= 0.3 is 13.2 Å². The summed E-state index contributed by atoms with van der Waals surface area (Å²) >= 11 is 0. The fraction of sp³-hybridized carbons (Fsp3) is 0. The summed E-state index contributed by atoms with van der Waals surface area (Å²) in [6.45, 7) is 0. The maximum Gasteiger partial charge on any atom is 0.673 e. The molecule has 4 N–H and O–H groups in total. The van der Waals surface area contributed by atoms with E-state index in [1.54, 1.807) is 12.1 Å². The van der Waals surface area contributed by atoms with Crippen molar-refractivity contribution in [1.29, 1.82) is 5.39 Å². The highest BCUT2D eigenvalue weighted by atomic mass is 19.5. The topological polar surface area (TPSA) is 111 Å². The molecule has 1 aromatic rings. The first-order chi connectivity index (χ1) is 7.70. The van der Waals surface area contributed by atoms with Gasteiger partial charge in [0.25, 0.3) is 0 Å². The summed E-state index contributed by atoms with van der Waals surface area (Å²) in [5.74, 6) is -0.931. The summed E-state index contributed by atoms with van der Waals surface area (Å²) in [5.41, 5.74) is 6.17. The van der Waals surface area contributed by atoms with Gasteiger partial charge in [-0.15, -0.1) is 0 Å². The molecular formula is C7H8BF4N3O2. The number of nitrogens with one attached hydrogen (secondary N) is 1. The van der Waals surface area contributed by atoms with E-state index in [0.29, 0.717) is 5.69 Å². The van der Waals surface area contributed by atoms with Gasteiger partial charge in [0.05, 0.1) is 11.0 Å². The first-order valence-corrected chi connectivity index (χ1v) is 3.88. The zero-order valence-electron chi connectivity index (χ0n) is 8.28. The summed E-state index contributed by atoms with van der Waals surface area (Å²) < 4.78 is 39.0. The van der Waals surface area contributed by atoms with Crippen molar-refractivity contribution in [2.24, 2.45) is 0 Å². The van der Waals surface area contributed by atoms with E-state index < -0.39 is 13.2 Å². The third-order valence-corrected chi connectivity index (χ3v) is 1.16. The van der Waals surface area contributed by atoms with Gasteiger partial charge in [-0.3, -0.25) is 0 Å². The number of anilines is 1. The summed E-state index contributed by atoms with van der Waals surface area (Å²) in [6.07, 6.45) is 0. The normalized spacial score (nSPS) is 9.06. The molecule has 0 aliphatic rings. The average Bonchev–Trinajstić information content (AvgIpc) is 2.19. The molecule has 0 unspecified atom stereocenters. The van der Waals surface area contributed by atoms with Gasteiger partial charge in [0, 0.05) is 5.69 Å². The maximum absolute atomic E-state index is 10.3. The Kier molecular flexibility index (Phi) is 7.97. The van der Waals surface area contributed by atoms with Crippen molar-refractivity contribution in [3.05, 3.63) is 29.8 Å². The number of carboxylic acid groups (broad SMARTS) is 1. The molecule has 1 rings (SSSR count). The van der Waals surface area contributed by atoms with Crippen molar-refractivity contribution in [2.45, 2.75) is 0 Å². The average molecular weight is 253 g/mol. The first-order valence-electron chi connectivity index (χ1n) is 3.88. The van der Waals surface area contributed by atoms with Crippen LogP contribution in [0, 0.1) is 5.39 Å². The van der Waals surface area contributed by atoms with Gasteiger partial charge < -0.3 is 28.1 Å². The number of nitrogens with zero attached hydrogens (tertiary/aromatic N) is 1. The summed E-state index contributed by atoms with van der Waals surface area (Å²) in [4.78, 5) is 10.3. The Balaban J connectivity index is 0. The molecule has 0 heterocycles. The van der Waals surface area contributed by atoms with E-state index in [0.717, 1.165) is 0 Å². The van der Waals surface area contributed by atoms with Crippen molar-refractivity contribution in [1.82, 2.24) is 0 Å². The fourth-order valence-corrected chi connectivity index (χ4v) is 0.626. The number of carboxylic acids is 1. The van der Waals surface area contributed by atoms with Gasteiger partial charge in [0.1, 0.15) is 0 Å². The van der Waals surface area contributed by atoms with Crippen LogP contribution in [0.25, 0.3) is 0 Å². The highest BCUT2D eigenvalue weighted by Gasteiger charge is 2.20. The largest absolute Gasteiger partial charge is 0.673 e. The quantitative estimate of drug-likeness (QED) is 0.293. The molecule has 0 saturated carbocycles. The molecule has 17 heavy (non-hydrogen) atoms. The minimum Gasteiger partial charge on any atom is -0.478 e. The van der Waals surface area contributed by atoms with E-state index in [9.17, 15) is 22.1 Å². The number of aromatic carboxylic acids is 1. The van der Waals surface area contributed by atoms with E-state index in [4.69, 9.17) is 21.6 Å². The first kappa shape index (κ1) is 17.1. The fourth-order valence-electron chi connectivity index (χ4n) is 0.626. The molecule has 0 saturated heterocycles. The second kappa shape index (κ2) is 7.92. The van der Waals surface area contributed by atoms with Gasteiger partial charge in [-0.25, -0.2) is 4.79 Å². The van der Waals surface area contributed by atoms with E-state index in [1.165, 1.54) is 12.1 Å². The van der Waals surface area contributed by atoms with Crippen LogP contribution in [0.2, 0.25) is 0 Å². The monoisotopic (exact) mass is 253 g/mol. The minimum atomic E-state index is -6.00. The number of nitrogens with two attached hydrogens (primary N) is 1. The maximum atomic E-state index is 10.3. The molecule has 0 aliphatic heterocycles. The zero-order valence-corrected chi connectivity index (χ0v) is 8.28. The predicted molar refractivity (Wildman–Crippen MR) is 50.7 cm³/mol. The number of hydrogen-bond acceptors (Lipinski definition) is 3. The Bertz CT molecular complexity index is 360. The van der Waals surface area contributed by atoms with E-state index >= 15 is 0 Å². The second-order valence-corrected chi connectivity index (χ2v) is 2.42. The molecule has 0 radical (unpaired) electrons. The summed E-state index contributed by atoms with van der Waals surface area (Å²) in [7, 11) is -6.00. The third-order valence-electron chi connectivity index (χ3n) is 1.16. The molecule has 0 amide bonds. The number of halogens is 4. The van der Waals surface area contributed by atoms with Crippen LogP contribution < -0.4 is 11.1 Å². The van der Waals surface area contributed by atoms with Crippen LogP contribution in [-0.2, 0) is 0 Å². The van der Waals surface area contributed by atoms with Crippen molar-refractivity contribution in [2.75, 3.05) is 5.73 Å². The minimum absolute atomic E-state index is 0.259. The lowest BCUT2D eigenvalue weighted by atomic mass is 10.2. The third kappa shape index (κ3) is 13.7. The van der Waals surface area contributed by atoms with Crippen LogP contribution in [0.5, 0.6) is 0 Å². The van der Waals surface area contributed by atoms with Crippen molar-refractivity contribution >= 4 is 18.9 Å². The molecule has 0 atom stereocenters. The number of rotatable bonds is 1. The molecule has 0 aliphatic carbocycles. The van der Waals surface area contributed by atoms with Crippen LogP contribution >= 0.6 is 0 Å².